The van der Waals surface area contributed by atoms with Gasteiger partial charge in [0, 0.05) is 18.8 Å². The number of hydrogen-bond acceptors (Lipinski definition) is 3. The van der Waals surface area contributed by atoms with Crippen molar-refractivity contribution in [3.8, 4) is 5.69 Å². The maximum Gasteiger partial charge on any atom is 0.0766 e. The molecule has 1 aromatic heterocycles. The molecule has 0 saturated heterocycles. The topological polar surface area (TPSA) is 50.1 Å². The highest BCUT2D eigenvalue weighted by atomic mass is 16.3. The molecular formula is C14H19N3O. The van der Waals surface area contributed by atoms with Crippen molar-refractivity contribution in [1.29, 1.82) is 0 Å². The average molecular weight is 245 g/mol. The fourth-order valence-corrected chi connectivity index (χ4v) is 1.77. The van der Waals surface area contributed by atoms with Gasteiger partial charge in [-0.05, 0) is 24.6 Å². The van der Waals surface area contributed by atoms with Crippen LogP contribution < -0.4 is 5.32 Å². The number of para-hydroxylation sites is 1. The Morgan fingerprint density at radius 2 is 2.06 bits per heavy atom. The first-order valence-electron chi connectivity index (χ1n) is 6.27. The van der Waals surface area contributed by atoms with Crippen LogP contribution in [0.25, 0.3) is 5.69 Å². The van der Waals surface area contributed by atoms with Gasteiger partial charge in [0.1, 0.15) is 0 Å². The van der Waals surface area contributed by atoms with Crippen LogP contribution in [-0.4, -0.2) is 27.5 Å². The highest BCUT2D eigenvalue weighted by Gasteiger charge is 2.05. The van der Waals surface area contributed by atoms with Crippen LogP contribution >= 0.6 is 0 Å². The zero-order chi connectivity index (χ0) is 12.8. The van der Waals surface area contributed by atoms with E-state index in [-0.39, 0.29) is 12.6 Å². The van der Waals surface area contributed by atoms with Gasteiger partial charge in [-0.1, -0.05) is 25.1 Å². The highest BCUT2D eigenvalue weighted by molar-refractivity contribution is 5.30. The number of nitrogens with zero attached hydrogens (tertiary/aromatic N) is 2. The van der Waals surface area contributed by atoms with Gasteiger partial charge in [-0.15, -0.1) is 0 Å². The zero-order valence-electron chi connectivity index (χ0n) is 10.6. The molecule has 0 aliphatic heterocycles. The Bertz CT molecular complexity index is 463. The van der Waals surface area contributed by atoms with E-state index in [1.165, 1.54) is 0 Å². The molecule has 18 heavy (non-hydrogen) atoms. The van der Waals surface area contributed by atoms with Crippen molar-refractivity contribution in [2.75, 3.05) is 6.61 Å². The van der Waals surface area contributed by atoms with Gasteiger partial charge in [-0.25, -0.2) is 4.68 Å². The van der Waals surface area contributed by atoms with Crippen LogP contribution in [0.3, 0.4) is 0 Å². The summed E-state index contributed by atoms with van der Waals surface area (Å²) in [6.07, 6.45) is 2.86. The molecule has 0 radical (unpaired) electrons. The number of nitrogens with one attached hydrogen (secondary N) is 1. The Balaban J connectivity index is 1.98. The lowest BCUT2D eigenvalue weighted by atomic mass is 10.2. The molecule has 2 N–H and O–H groups in total. The average Bonchev–Trinajstić information content (AvgIpc) is 2.90. The van der Waals surface area contributed by atoms with E-state index >= 15 is 0 Å². The minimum Gasteiger partial charge on any atom is -0.395 e. The van der Waals surface area contributed by atoms with E-state index < -0.39 is 0 Å². The molecule has 0 fully saturated rings. The van der Waals surface area contributed by atoms with Gasteiger partial charge in [-0.3, -0.25) is 0 Å². The Morgan fingerprint density at radius 1 is 1.28 bits per heavy atom. The second-order valence-electron chi connectivity index (χ2n) is 4.26. The lowest BCUT2D eigenvalue weighted by Gasteiger charge is -2.12. The summed E-state index contributed by atoms with van der Waals surface area (Å²) in [7, 11) is 0. The van der Waals surface area contributed by atoms with Gasteiger partial charge in [0.25, 0.3) is 0 Å². The number of hydrogen-bond donors (Lipinski definition) is 2. The van der Waals surface area contributed by atoms with E-state index in [4.69, 9.17) is 5.11 Å². The van der Waals surface area contributed by atoms with Crippen molar-refractivity contribution in [2.45, 2.75) is 25.9 Å². The number of aliphatic hydroxyl groups excluding tert-OH is 1. The number of rotatable bonds is 6. The second-order valence-corrected chi connectivity index (χ2v) is 4.26. The number of aromatic nitrogens is 2. The lowest BCUT2D eigenvalue weighted by Crippen LogP contribution is -2.31. The molecule has 1 aromatic carbocycles. The van der Waals surface area contributed by atoms with E-state index in [0.29, 0.717) is 6.54 Å². The molecule has 0 spiro atoms. The summed E-state index contributed by atoms with van der Waals surface area (Å²) in [5, 5.41) is 16.9. The molecule has 1 heterocycles. The van der Waals surface area contributed by atoms with Crippen LogP contribution in [0, 0.1) is 0 Å². The molecule has 4 nitrogen and oxygen atoms in total. The minimum absolute atomic E-state index is 0.145. The Kier molecular flexibility index (Phi) is 4.50. The van der Waals surface area contributed by atoms with Crippen molar-refractivity contribution in [1.82, 2.24) is 15.1 Å². The van der Waals surface area contributed by atoms with Crippen LogP contribution in [0.4, 0.5) is 0 Å². The molecule has 0 unspecified atom stereocenters. The first kappa shape index (κ1) is 12.8. The summed E-state index contributed by atoms with van der Waals surface area (Å²) in [5.74, 6) is 0. The van der Waals surface area contributed by atoms with Crippen molar-refractivity contribution >= 4 is 0 Å². The summed E-state index contributed by atoms with van der Waals surface area (Å²) < 4.78 is 1.86. The van der Waals surface area contributed by atoms with E-state index in [0.717, 1.165) is 17.8 Å². The number of benzene rings is 1. The Labute approximate surface area is 107 Å². The molecule has 2 rings (SSSR count). The van der Waals surface area contributed by atoms with E-state index in [1.54, 1.807) is 0 Å². The minimum atomic E-state index is 0.145. The fraction of sp³-hybridized carbons (Fsp3) is 0.357. The monoisotopic (exact) mass is 245 g/mol. The van der Waals surface area contributed by atoms with Gasteiger partial charge in [0.15, 0.2) is 0 Å². The van der Waals surface area contributed by atoms with Crippen LogP contribution in [0.1, 0.15) is 19.0 Å². The zero-order valence-corrected chi connectivity index (χ0v) is 10.6. The normalized spacial score (nSPS) is 12.6. The molecule has 0 bridgehead atoms. The van der Waals surface area contributed by atoms with Crippen LogP contribution in [0.15, 0.2) is 42.6 Å². The molecule has 0 saturated carbocycles. The van der Waals surface area contributed by atoms with Gasteiger partial charge in [0.2, 0.25) is 0 Å². The van der Waals surface area contributed by atoms with Crippen molar-refractivity contribution in [2.24, 2.45) is 0 Å². The van der Waals surface area contributed by atoms with Gasteiger partial charge >= 0.3 is 0 Å². The smallest absolute Gasteiger partial charge is 0.0766 e. The predicted molar refractivity (Wildman–Crippen MR) is 71.6 cm³/mol. The largest absolute Gasteiger partial charge is 0.395 e. The molecule has 96 valence electrons. The van der Waals surface area contributed by atoms with E-state index in [1.807, 2.05) is 47.3 Å². The van der Waals surface area contributed by atoms with Crippen LogP contribution in [0.2, 0.25) is 0 Å². The quantitative estimate of drug-likeness (QED) is 0.815. The van der Waals surface area contributed by atoms with Crippen molar-refractivity contribution in [3.63, 3.8) is 0 Å². The summed E-state index contributed by atoms with van der Waals surface area (Å²) in [5.41, 5.74) is 2.03. The first-order valence-corrected chi connectivity index (χ1v) is 6.27. The van der Waals surface area contributed by atoms with Crippen LogP contribution in [0.5, 0.6) is 0 Å². The second kappa shape index (κ2) is 6.33. The van der Waals surface area contributed by atoms with E-state index in [2.05, 4.69) is 17.3 Å². The maximum atomic E-state index is 9.10. The van der Waals surface area contributed by atoms with Gasteiger partial charge in [-0.2, -0.15) is 5.10 Å². The summed E-state index contributed by atoms with van der Waals surface area (Å²) in [6.45, 7) is 2.89. The molecule has 4 heteroatoms. The van der Waals surface area contributed by atoms with Crippen molar-refractivity contribution < 1.29 is 5.11 Å². The number of aliphatic hydroxyl groups is 1. The maximum absolute atomic E-state index is 9.10. The summed E-state index contributed by atoms with van der Waals surface area (Å²) in [6, 6.07) is 12.2. The molecule has 0 aliphatic carbocycles. The van der Waals surface area contributed by atoms with Crippen LogP contribution in [-0.2, 0) is 6.54 Å². The SMILES string of the molecule is CC[C@@H](CO)NCc1ccn(-c2ccccc2)n1. The summed E-state index contributed by atoms with van der Waals surface area (Å²) >= 11 is 0. The lowest BCUT2D eigenvalue weighted by molar-refractivity contribution is 0.238. The first-order chi connectivity index (χ1) is 8.83. The Morgan fingerprint density at radius 3 is 2.72 bits per heavy atom. The summed E-state index contributed by atoms with van der Waals surface area (Å²) in [4.78, 5) is 0. The highest BCUT2D eigenvalue weighted by Crippen LogP contribution is 2.06. The van der Waals surface area contributed by atoms with Crippen molar-refractivity contribution in [3.05, 3.63) is 48.3 Å². The molecule has 0 amide bonds. The molecule has 1 atom stereocenters. The predicted octanol–water partition coefficient (Wildman–Crippen LogP) is 1.73. The standard InChI is InChI=1S/C14H19N3O/c1-2-12(11-18)15-10-13-8-9-17(16-13)14-6-4-3-5-7-14/h3-9,12,15,18H,2,10-11H2,1H3/t12-/m0/s1. The fourth-order valence-electron chi connectivity index (χ4n) is 1.77. The molecule has 2 aromatic rings. The molecule has 0 aliphatic rings. The van der Waals surface area contributed by atoms with E-state index in [9.17, 15) is 0 Å². The molecular weight excluding hydrogens is 226 g/mol. The third kappa shape index (κ3) is 3.18. The third-order valence-electron chi connectivity index (χ3n) is 2.95. The third-order valence-corrected chi connectivity index (χ3v) is 2.95. The Hall–Kier alpha value is -1.65. The van der Waals surface area contributed by atoms with Gasteiger partial charge < -0.3 is 10.4 Å². The van der Waals surface area contributed by atoms with Gasteiger partial charge in [0.05, 0.1) is 18.0 Å².